The number of fused-ring (bicyclic) bond motifs is 5. The first-order chi connectivity index (χ1) is 43.7. The third kappa shape index (κ3) is 13.8. The molecule has 0 N–H and O–H groups in total. The molecule has 18 nitrogen and oxygen atoms in total. The minimum atomic E-state index is 0.0969. The van der Waals surface area contributed by atoms with Gasteiger partial charge in [0.25, 0.3) is 0 Å². The molecule has 0 saturated heterocycles. The first kappa shape index (κ1) is 60.9. The van der Waals surface area contributed by atoms with Crippen LogP contribution in [0.15, 0.2) is 184 Å². The molecule has 0 aliphatic carbocycles. The summed E-state index contributed by atoms with van der Waals surface area (Å²) < 4.78 is 28.2. The van der Waals surface area contributed by atoms with Crippen molar-refractivity contribution in [1.29, 1.82) is 26.3 Å². The quantitative estimate of drug-likeness (QED) is 0.150. The van der Waals surface area contributed by atoms with Gasteiger partial charge in [0.15, 0.2) is 0 Å². The van der Waals surface area contributed by atoms with Crippen LogP contribution in [-0.4, -0.2) is 77.6 Å². The van der Waals surface area contributed by atoms with E-state index in [1.54, 1.807) is 0 Å². The molecule has 0 fully saturated rings. The second-order valence-corrected chi connectivity index (χ2v) is 24.2. The number of hydrogen-bond acceptors (Lipinski definition) is 15. The fraction of sp³-hybridized carbons (Fsp3) is 0.275. The minimum Gasteiger partial charge on any atom is -0.373 e. The van der Waals surface area contributed by atoms with Crippen molar-refractivity contribution in [3.8, 4) is 30.3 Å². The molecule has 0 spiro atoms. The highest BCUT2D eigenvalue weighted by atomic mass is 32.2. The number of aromatic nitrogens is 10. The average molecular weight is 1210 g/mol. The molecule has 0 radical (unpaired) electrons. The molecule has 0 bridgehead atoms. The summed E-state index contributed by atoms with van der Waals surface area (Å²) in [4.78, 5) is 21.0. The van der Waals surface area contributed by atoms with E-state index in [2.05, 4.69) is 111 Å². The third-order valence-corrected chi connectivity index (χ3v) is 18.7. The second-order valence-electron chi connectivity index (χ2n) is 21.8. The molecule has 5 aromatic heterocycles. The Labute approximate surface area is 525 Å². The van der Waals surface area contributed by atoms with Gasteiger partial charge in [0.2, 0.25) is 0 Å². The van der Waals surface area contributed by atoms with Crippen molar-refractivity contribution in [3.63, 3.8) is 0 Å². The molecule has 444 valence electrons. The van der Waals surface area contributed by atoms with Gasteiger partial charge in [-0.3, -0.25) is 0 Å². The van der Waals surface area contributed by atoms with Crippen LogP contribution in [0.4, 0.5) is 0 Å². The lowest BCUT2D eigenvalue weighted by Crippen LogP contribution is -2.32. The van der Waals surface area contributed by atoms with Gasteiger partial charge in [0.05, 0.1) is 194 Å². The summed E-state index contributed by atoms with van der Waals surface area (Å²) in [6.45, 7) is 8.92. The predicted molar refractivity (Wildman–Crippen MR) is 337 cm³/mol. The molecule has 15 rings (SSSR count). The summed E-state index contributed by atoms with van der Waals surface area (Å²) in [6.07, 6.45) is 19.9. The number of nitriles is 5. The molecule has 5 aromatic carbocycles. The average Bonchev–Trinajstić information content (AvgIpc) is 2.42. The Hall–Kier alpha value is -9.82. The summed E-state index contributed by atoms with van der Waals surface area (Å²) in [5, 5.41) is 44.6. The van der Waals surface area contributed by atoms with E-state index in [9.17, 15) is 0 Å². The molecule has 8 atom stereocenters. The molecule has 10 aromatic rings. The molecular formula is C69H63N15O3S2. The van der Waals surface area contributed by atoms with Crippen molar-refractivity contribution in [3.05, 3.63) is 268 Å². The maximum absolute atomic E-state index is 8.87. The van der Waals surface area contributed by atoms with E-state index < -0.39 is 0 Å². The second kappa shape index (κ2) is 28.8. The molecule has 5 aliphatic heterocycles. The van der Waals surface area contributed by atoms with Crippen LogP contribution >= 0.6 is 23.5 Å². The number of hydrogen-bond donors (Lipinski definition) is 0. The maximum atomic E-state index is 8.87. The summed E-state index contributed by atoms with van der Waals surface area (Å²) in [7, 11) is 0. The first-order valence-corrected chi connectivity index (χ1v) is 31.4. The van der Waals surface area contributed by atoms with E-state index in [0.29, 0.717) is 71.6 Å². The zero-order valence-corrected chi connectivity index (χ0v) is 51.0. The number of nitrogens with zero attached hydrogens (tertiary/aromatic N) is 15. The third-order valence-electron chi connectivity index (χ3n) is 16.4. The van der Waals surface area contributed by atoms with Crippen LogP contribution in [-0.2, 0) is 45.5 Å². The van der Waals surface area contributed by atoms with E-state index in [0.717, 1.165) is 57.5 Å². The van der Waals surface area contributed by atoms with E-state index >= 15 is 0 Å². The van der Waals surface area contributed by atoms with Crippen LogP contribution in [0.3, 0.4) is 0 Å². The SMILES string of the molecule is CC1OCc2cncn2C1c1ccc(C#N)cc1.CC1SCc2cncn2C1c1ccc(C#N)cc1.CCC1OCc2cncn2C1c1ccc(C#N)cc1.N#Cc1ccc(C2COCc3cncn32)cc1.N#Cc1ccc(C2CSCc3cncn32)cc1. The van der Waals surface area contributed by atoms with Gasteiger partial charge in [0.1, 0.15) is 0 Å². The molecule has 10 heterocycles. The van der Waals surface area contributed by atoms with Crippen molar-refractivity contribution < 1.29 is 14.2 Å². The molecule has 5 aliphatic rings. The highest BCUT2D eigenvalue weighted by Gasteiger charge is 2.32. The monoisotopic (exact) mass is 1210 g/mol. The van der Waals surface area contributed by atoms with Crippen molar-refractivity contribution in [2.75, 3.05) is 12.4 Å². The Kier molecular flexibility index (Phi) is 19.7. The lowest BCUT2D eigenvalue weighted by atomic mass is 9.97. The molecule has 0 saturated carbocycles. The summed E-state index contributed by atoms with van der Waals surface area (Å²) in [5.41, 5.74) is 15.2. The van der Waals surface area contributed by atoms with Gasteiger partial charge in [-0.2, -0.15) is 38.1 Å². The zero-order valence-electron chi connectivity index (χ0n) is 49.3. The molecule has 8 unspecified atom stereocenters. The topological polar surface area (TPSA) is 236 Å². The number of ether oxygens (including phenoxy) is 3. The van der Waals surface area contributed by atoms with Gasteiger partial charge in [-0.15, -0.1) is 11.8 Å². The van der Waals surface area contributed by atoms with Gasteiger partial charge < -0.3 is 37.0 Å². The summed E-state index contributed by atoms with van der Waals surface area (Å²) in [6, 6.07) is 50.5. The Morgan fingerprint density at radius 3 is 1.28 bits per heavy atom. The largest absolute Gasteiger partial charge is 0.373 e. The van der Waals surface area contributed by atoms with Gasteiger partial charge in [-0.1, -0.05) is 74.5 Å². The van der Waals surface area contributed by atoms with Crippen LogP contribution in [0.25, 0.3) is 0 Å². The Morgan fingerprint density at radius 2 is 0.798 bits per heavy atom. The standard InChI is InChI=1S/C15H15N3O.C14H13N3O.C14H13N3S.C13H11N3O.C13H11N3S/c1-2-14-15(12-5-3-11(7-16)4-6-12)18-10-17-8-13(18)9-19-14;2*1-10-14(12-4-2-11(6-15)3-5-12)17-9-16-7-13(17)8-18-10;2*14-5-10-1-3-11(4-2-10)13-8-17-7-12-6-15-9-16(12)13/h3-6,8,10,14-15H,2,9H2,1H3;2*2-5,7,9-10,14H,8H2,1H3;2*1-4,6,9,13H,7-8H2. The Balaban J connectivity index is 0.000000115. The van der Waals surface area contributed by atoms with Crippen molar-refractivity contribution in [2.24, 2.45) is 0 Å². The van der Waals surface area contributed by atoms with E-state index in [1.807, 2.05) is 195 Å². The van der Waals surface area contributed by atoms with Crippen LogP contribution in [0.5, 0.6) is 0 Å². The smallest absolute Gasteiger partial charge is 0.0991 e. The van der Waals surface area contributed by atoms with Crippen LogP contribution in [0.1, 0.15) is 142 Å². The number of benzene rings is 5. The van der Waals surface area contributed by atoms with Crippen molar-refractivity contribution >= 4 is 23.5 Å². The highest BCUT2D eigenvalue weighted by molar-refractivity contribution is 7.99. The zero-order chi connectivity index (χ0) is 61.6. The van der Waals surface area contributed by atoms with Gasteiger partial charge in [0, 0.05) is 46.3 Å². The summed E-state index contributed by atoms with van der Waals surface area (Å²) >= 11 is 3.88. The first-order valence-electron chi connectivity index (χ1n) is 29.2. The maximum Gasteiger partial charge on any atom is 0.0991 e. The van der Waals surface area contributed by atoms with Crippen molar-refractivity contribution in [2.45, 2.75) is 106 Å². The number of imidazole rings is 5. The Bertz CT molecular complexity index is 3980. The van der Waals surface area contributed by atoms with Crippen molar-refractivity contribution in [1.82, 2.24) is 47.8 Å². The van der Waals surface area contributed by atoms with E-state index in [-0.39, 0.29) is 30.3 Å². The van der Waals surface area contributed by atoms with Gasteiger partial charge in [-0.25, -0.2) is 24.9 Å². The Morgan fingerprint density at radius 1 is 0.427 bits per heavy atom. The van der Waals surface area contributed by atoms with E-state index in [4.69, 9.17) is 40.5 Å². The van der Waals surface area contributed by atoms with Crippen LogP contribution < -0.4 is 0 Å². The molecule has 89 heavy (non-hydrogen) atoms. The lowest BCUT2D eigenvalue weighted by Gasteiger charge is -2.33. The van der Waals surface area contributed by atoms with E-state index in [1.165, 1.54) is 22.5 Å². The molecular weight excluding hydrogens is 1150 g/mol. The highest BCUT2D eigenvalue weighted by Crippen LogP contribution is 2.39. The number of thioether (sulfide) groups is 2. The normalized spacial score (nSPS) is 20.7. The molecule has 20 heteroatoms. The van der Waals surface area contributed by atoms with Crippen LogP contribution in [0, 0.1) is 56.7 Å². The van der Waals surface area contributed by atoms with Gasteiger partial charge >= 0.3 is 0 Å². The predicted octanol–water partition coefficient (Wildman–Crippen LogP) is 12.4. The fourth-order valence-electron chi connectivity index (χ4n) is 11.7. The van der Waals surface area contributed by atoms with Gasteiger partial charge in [-0.05, 0) is 102 Å². The summed E-state index contributed by atoms with van der Waals surface area (Å²) in [5.74, 6) is 3.12. The fourth-order valence-corrected chi connectivity index (χ4v) is 13.9. The molecule has 0 amide bonds. The van der Waals surface area contributed by atoms with Crippen LogP contribution in [0.2, 0.25) is 0 Å². The minimum absolute atomic E-state index is 0.0969. The lowest BCUT2D eigenvalue weighted by molar-refractivity contribution is -0.0131. The number of rotatable bonds is 6.